The van der Waals surface area contributed by atoms with E-state index in [9.17, 15) is 9.59 Å². The molecule has 1 unspecified atom stereocenters. The van der Waals surface area contributed by atoms with E-state index in [1.54, 1.807) is 0 Å². The first-order chi connectivity index (χ1) is 11.4. The van der Waals surface area contributed by atoms with Crippen molar-refractivity contribution in [2.75, 3.05) is 13.2 Å². The van der Waals surface area contributed by atoms with Crippen LogP contribution in [-0.4, -0.2) is 25.2 Å². The molecule has 1 aliphatic rings. The zero-order valence-electron chi connectivity index (χ0n) is 17.3. The van der Waals surface area contributed by atoms with E-state index in [4.69, 9.17) is 9.47 Å². The van der Waals surface area contributed by atoms with E-state index in [-0.39, 0.29) is 16.7 Å². The minimum atomic E-state index is -0.812. The first-order valence-electron chi connectivity index (χ1n) is 9.74. The Morgan fingerprint density at radius 3 is 1.60 bits per heavy atom. The van der Waals surface area contributed by atoms with Crippen molar-refractivity contribution in [3.8, 4) is 0 Å². The number of esters is 2. The van der Waals surface area contributed by atoms with Crippen molar-refractivity contribution < 1.29 is 19.1 Å². The van der Waals surface area contributed by atoms with E-state index in [1.807, 2.05) is 48.5 Å². The van der Waals surface area contributed by atoms with Crippen LogP contribution in [0.1, 0.15) is 80.6 Å². The first-order valence-corrected chi connectivity index (χ1v) is 9.74. The van der Waals surface area contributed by atoms with Gasteiger partial charge in [-0.25, -0.2) is 0 Å². The third-order valence-corrected chi connectivity index (χ3v) is 4.72. The number of ether oxygens (including phenoxy) is 2. The van der Waals surface area contributed by atoms with E-state index in [1.165, 1.54) is 19.3 Å². The lowest BCUT2D eigenvalue weighted by Crippen LogP contribution is -2.39. The number of carbonyl (C=O) groups is 2. The van der Waals surface area contributed by atoms with Gasteiger partial charge in [-0.2, -0.15) is 0 Å². The smallest absolute Gasteiger partial charge is 0.320 e. The van der Waals surface area contributed by atoms with Crippen LogP contribution in [-0.2, 0) is 19.1 Å². The van der Waals surface area contributed by atoms with Gasteiger partial charge in [0.1, 0.15) is 0 Å². The van der Waals surface area contributed by atoms with Crippen LogP contribution in [0.25, 0.3) is 0 Å². The molecular formula is C21H38O4. The Hall–Kier alpha value is -1.06. The van der Waals surface area contributed by atoms with Gasteiger partial charge in [-0.1, -0.05) is 80.6 Å². The molecule has 146 valence electrons. The lowest BCUT2D eigenvalue weighted by atomic mass is 9.75. The summed E-state index contributed by atoms with van der Waals surface area (Å²) < 4.78 is 11.0. The zero-order valence-corrected chi connectivity index (χ0v) is 17.3. The van der Waals surface area contributed by atoms with Crippen LogP contribution in [0.3, 0.4) is 0 Å². The minimum Gasteiger partial charge on any atom is -0.464 e. The van der Waals surface area contributed by atoms with Crippen molar-refractivity contribution in [2.45, 2.75) is 80.6 Å². The van der Waals surface area contributed by atoms with Gasteiger partial charge in [0.05, 0.1) is 13.2 Å². The Balaban J connectivity index is 2.84. The maximum absolute atomic E-state index is 12.7. The lowest BCUT2D eigenvalue weighted by Gasteiger charge is -2.32. The van der Waals surface area contributed by atoms with Crippen molar-refractivity contribution in [1.29, 1.82) is 0 Å². The fraction of sp³-hybridized carbons (Fsp3) is 0.905. The predicted molar refractivity (Wildman–Crippen MR) is 100 cm³/mol. The molecule has 0 radical (unpaired) electrons. The molecule has 0 bridgehead atoms. The summed E-state index contributed by atoms with van der Waals surface area (Å²) in [4.78, 5) is 25.4. The SMILES string of the molecule is CC(C1CCCCC1)C(C(=O)OCC(C)(C)C)C(=O)OCC(C)(C)C. The Bertz CT molecular complexity index is 406. The molecule has 0 spiro atoms. The number of hydrogen-bond acceptors (Lipinski definition) is 4. The van der Waals surface area contributed by atoms with Crippen LogP contribution in [0.15, 0.2) is 0 Å². The second-order valence-electron chi connectivity index (χ2n) is 10.1. The first kappa shape index (κ1) is 22.0. The maximum Gasteiger partial charge on any atom is 0.320 e. The molecule has 0 saturated heterocycles. The normalized spacial score (nSPS) is 18.1. The van der Waals surface area contributed by atoms with Gasteiger partial charge in [-0.05, 0) is 22.7 Å². The maximum atomic E-state index is 12.7. The molecule has 1 saturated carbocycles. The molecule has 0 N–H and O–H groups in total. The van der Waals surface area contributed by atoms with Gasteiger partial charge in [-0.3, -0.25) is 9.59 Å². The standard InChI is InChI=1S/C21H38O4/c1-15(16-11-9-8-10-12-16)17(18(22)24-13-20(2,3)4)19(23)25-14-21(5,6)7/h15-17H,8-14H2,1-7H3. The molecule has 1 fully saturated rings. The Labute approximate surface area is 154 Å². The molecular weight excluding hydrogens is 316 g/mol. The van der Waals surface area contributed by atoms with Crippen molar-refractivity contribution in [2.24, 2.45) is 28.6 Å². The summed E-state index contributed by atoms with van der Waals surface area (Å²) in [5, 5.41) is 0. The van der Waals surface area contributed by atoms with Crippen molar-refractivity contribution in [3.05, 3.63) is 0 Å². The van der Waals surface area contributed by atoms with Crippen LogP contribution in [0.5, 0.6) is 0 Å². The summed E-state index contributed by atoms with van der Waals surface area (Å²) in [6.45, 7) is 14.7. The van der Waals surface area contributed by atoms with Crippen molar-refractivity contribution in [1.82, 2.24) is 0 Å². The monoisotopic (exact) mass is 354 g/mol. The molecule has 25 heavy (non-hydrogen) atoms. The van der Waals surface area contributed by atoms with E-state index < -0.39 is 17.9 Å². The number of rotatable bonds is 6. The quantitative estimate of drug-likeness (QED) is 0.498. The molecule has 1 aliphatic carbocycles. The molecule has 0 aromatic heterocycles. The molecule has 0 aromatic carbocycles. The third-order valence-electron chi connectivity index (χ3n) is 4.72. The zero-order chi connectivity index (χ0) is 19.3. The fourth-order valence-corrected chi connectivity index (χ4v) is 3.21. The molecule has 0 aromatic rings. The van der Waals surface area contributed by atoms with Crippen LogP contribution in [0.4, 0.5) is 0 Å². The van der Waals surface area contributed by atoms with E-state index in [2.05, 4.69) is 0 Å². The summed E-state index contributed by atoms with van der Waals surface area (Å²) in [6.07, 6.45) is 5.76. The van der Waals surface area contributed by atoms with Crippen molar-refractivity contribution in [3.63, 3.8) is 0 Å². The van der Waals surface area contributed by atoms with Crippen LogP contribution < -0.4 is 0 Å². The average molecular weight is 355 g/mol. The Kier molecular flexibility index (Phi) is 7.95. The topological polar surface area (TPSA) is 52.6 Å². The summed E-state index contributed by atoms with van der Waals surface area (Å²) in [7, 11) is 0. The summed E-state index contributed by atoms with van der Waals surface area (Å²) in [6, 6.07) is 0. The second kappa shape index (κ2) is 9.05. The van der Waals surface area contributed by atoms with Gasteiger partial charge in [-0.15, -0.1) is 0 Å². The fourth-order valence-electron chi connectivity index (χ4n) is 3.21. The third kappa shape index (κ3) is 8.24. The lowest BCUT2D eigenvalue weighted by molar-refractivity contribution is -0.169. The summed E-state index contributed by atoms with van der Waals surface area (Å²) in [5.41, 5.74) is -0.243. The molecule has 0 aliphatic heterocycles. The Morgan fingerprint density at radius 2 is 1.24 bits per heavy atom. The van der Waals surface area contributed by atoms with Gasteiger partial charge in [0.25, 0.3) is 0 Å². The molecule has 4 heteroatoms. The molecule has 0 amide bonds. The van der Waals surface area contributed by atoms with Crippen LogP contribution >= 0.6 is 0 Å². The Morgan fingerprint density at radius 1 is 0.840 bits per heavy atom. The van der Waals surface area contributed by atoms with Gasteiger partial charge < -0.3 is 9.47 Å². The molecule has 1 rings (SSSR count). The summed E-state index contributed by atoms with van der Waals surface area (Å²) >= 11 is 0. The van der Waals surface area contributed by atoms with E-state index >= 15 is 0 Å². The second-order valence-corrected chi connectivity index (χ2v) is 10.1. The van der Waals surface area contributed by atoms with Crippen molar-refractivity contribution >= 4 is 11.9 Å². The van der Waals surface area contributed by atoms with Gasteiger partial charge in [0, 0.05) is 0 Å². The van der Waals surface area contributed by atoms with E-state index in [0.29, 0.717) is 19.1 Å². The highest BCUT2D eigenvalue weighted by Gasteiger charge is 2.40. The highest BCUT2D eigenvalue weighted by molar-refractivity contribution is 5.95. The average Bonchev–Trinajstić information content (AvgIpc) is 2.50. The largest absolute Gasteiger partial charge is 0.464 e. The molecule has 4 nitrogen and oxygen atoms in total. The number of carbonyl (C=O) groups excluding carboxylic acids is 2. The van der Waals surface area contributed by atoms with Crippen LogP contribution in [0, 0.1) is 28.6 Å². The van der Waals surface area contributed by atoms with E-state index in [0.717, 1.165) is 12.8 Å². The number of hydrogen-bond donors (Lipinski definition) is 0. The van der Waals surface area contributed by atoms with Crippen LogP contribution in [0.2, 0.25) is 0 Å². The van der Waals surface area contributed by atoms with Gasteiger partial charge >= 0.3 is 11.9 Å². The minimum absolute atomic E-state index is 0.0414. The molecule has 0 heterocycles. The highest BCUT2D eigenvalue weighted by atomic mass is 16.6. The predicted octanol–water partition coefficient (Wildman–Crippen LogP) is 5.00. The summed E-state index contributed by atoms with van der Waals surface area (Å²) in [5.74, 6) is -1.31. The van der Waals surface area contributed by atoms with Gasteiger partial charge in [0.2, 0.25) is 0 Å². The highest BCUT2D eigenvalue weighted by Crippen LogP contribution is 2.35. The van der Waals surface area contributed by atoms with Gasteiger partial charge in [0.15, 0.2) is 5.92 Å². The molecule has 1 atom stereocenters.